The lowest BCUT2D eigenvalue weighted by Gasteiger charge is -2.47. The molecule has 0 heterocycles. The molecule has 0 radical (unpaired) electrons. The van der Waals surface area contributed by atoms with Crippen molar-refractivity contribution in [2.75, 3.05) is 23.3 Å². The summed E-state index contributed by atoms with van der Waals surface area (Å²) in [6, 6.07) is 15.6. The third-order valence-electron chi connectivity index (χ3n) is 7.01. The van der Waals surface area contributed by atoms with E-state index in [-0.39, 0.29) is 11.9 Å². The molecule has 6 nitrogen and oxygen atoms in total. The van der Waals surface area contributed by atoms with E-state index in [2.05, 4.69) is 44.0 Å². The topological polar surface area (TPSA) is 72.9 Å². The van der Waals surface area contributed by atoms with Crippen LogP contribution in [0.15, 0.2) is 48.5 Å². The molecule has 0 fully saturated rings. The Balaban J connectivity index is 1.97. The SMILES string of the molecule is CCN(CC)c1ccc(NC(=O)[C@@]2(N(C(=O)O)C(C)CC(C)C)CCc3ccccc3C2)cc1. The van der Waals surface area contributed by atoms with E-state index in [4.69, 9.17) is 0 Å². The van der Waals surface area contributed by atoms with E-state index in [1.54, 1.807) is 0 Å². The van der Waals surface area contributed by atoms with Crippen molar-refractivity contribution in [3.8, 4) is 0 Å². The number of hydrogen-bond donors (Lipinski definition) is 2. The van der Waals surface area contributed by atoms with Gasteiger partial charge in [-0.25, -0.2) is 4.79 Å². The van der Waals surface area contributed by atoms with Crippen molar-refractivity contribution in [3.63, 3.8) is 0 Å². The molecule has 184 valence electrons. The zero-order chi connectivity index (χ0) is 24.9. The van der Waals surface area contributed by atoms with Crippen molar-refractivity contribution in [2.45, 2.75) is 71.9 Å². The van der Waals surface area contributed by atoms with Crippen LogP contribution in [0.1, 0.15) is 58.6 Å². The highest BCUT2D eigenvalue weighted by Gasteiger charge is 2.50. The molecule has 0 spiro atoms. The summed E-state index contributed by atoms with van der Waals surface area (Å²) in [6.07, 6.45) is 1.16. The normalized spacial score (nSPS) is 18.2. The number of carbonyl (C=O) groups excluding carboxylic acids is 1. The summed E-state index contributed by atoms with van der Waals surface area (Å²) in [7, 11) is 0. The van der Waals surface area contributed by atoms with Gasteiger partial charge in [0.05, 0.1) is 0 Å². The van der Waals surface area contributed by atoms with Gasteiger partial charge in [-0.2, -0.15) is 0 Å². The first kappa shape index (κ1) is 25.6. The minimum Gasteiger partial charge on any atom is -0.465 e. The second-order valence-corrected chi connectivity index (χ2v) is 9.78. The molecule has 2 N–H and O–H groups in total. The number of amides is 2. The first-order chi connectivity index (χ1) is 16.2. The van der Waals surface area contributed by atoms with Gasteiger partial charge in [0.2, 0.25) is 0 Å². The van der Waals surface area contributed by atoms with Gasteiger partial charge in [0.25, 0.3) is 5.91 Å². The van der Waals surface area contributed by atoms with E-state index in [0.717, 1.165) is 24.3 Å². The molecule has 1 aliphatic rings. The molecule has 6 heteroatoms. The van der Waals surface area contributed by atoms with Gasteiger partial charge < -0.3 is 15.3 Å². The maximum Gasteiger partial charge on any atom is 0.408 e. The third kappa shape index (κ3) is 5.37. The number of rotatable bonds is 9. The summed E-state index contributed by atoms with van der Waals surface area (Å²) >= 11 is 0. The van der Waals surface area contributed by atoms with Crippen molar-refractivity contribution in [3.05, 3.63) is 59.7 Å². The number of fused-ring (bicyclic) bond motifs is 1. The largest absolute Gasteiger partial charge is 0.465 e. The molecule has 0 aliphatic heterocycles. The number of aryl methyl sites for hydroxylation is 1. The van der Waals surface area contributed by atoms with Gasteiger partial charge in [-0.3, -0.25) is 9.69 Å². The Hall–Kier alpha value is -3.02. The summed E-state index contributed by atoms with van der Waals surface area (Å²) in [4.78, 5) is 30.2. The molecule has 0 bridgehead atoms. The Morgan fingerprint density at radius 1 is 1.00 bits per heavy atom. The Bertz CT molecular complexity index is 985. The molecule has 1 aliphatic carbocycles. The molecule has 2 aromatic carbocycles. The number of anilines is 2. The Kier molecular flexibility index (Phi) is 8.24. The molecule has 0 saturated carbocycles. The molecular formula is C28H39N3O3. The number of carbonyl (C=O) groups is 2. The van der Waals surface area contributed by atoms with Crippen LogP contribution in [0.2, 0.25) is 0 Å². The van der Waals surface area contributed by atoms with Gasteiger partial charge in [0.1, 0.15) is 5.54 Å². The minimum absolute atomic E-state index is 0.254. The van der Waals surface area contributed by atoms with Crippen LogP contribution in [-0.2, 0) is 17.6 Å². The van der Waals surface area contributed by atoms with E-state index in [9.17, 15) is 14.7 Å². The standard InChI is InChI=1S/C28H39N3O3/c1-6-30(7-2)25-14-12-24(13-15-25)29-26(32)28(31(27(33)34)21(5)18-20(3)4)17-16-22-10-8-9-11-23(22)19-28/h8-15,20-21H,6-7,16-19H2,1-5H3,(H,29,32)(H,33,34)/t21?,28-/m1/s1. The predicted molar refractivity (Wildman–Crippen MR) is 139 cm³/mol. The lowest BCUT2D eigenvalue weighted by molar-refractivity contribution is -0.129. The van der Waals surface area contributed by atoms with Gasteiger partial charge in [0, 0.05) is 36.9 Å². The summed E-state index contributed by atoms with van der Waals surface area (Å²) in [5.41, 5.74) is 2.86. The lowest BCUT2D eigenvalue weighted by Crippen LogP contribution is -2.64. The first-order valence-corrected chi connectivity index (χ1v) is 12.5. The van der Waals surface area contributed by atoms with Gasteiger partial charge in [0.15, 0.2) is 0 Å². The van der Waals surface area contributed by atoms with E-state index in [1.807, 2.05) is 49.4 Å². The molecule has 1 unspecified atom stereocenters. The van der Waals surface area contributed by atoms with Crippen molar-refractivity contribution >= 4 is 23.4 Å². The predicted octanol–water partition coefficient (Wildman–Crippen LogP) is 5.81. The van der Waals surface area contributed by atoms with Crippen LogP contribution in [0.5, 0.6) is 0 Å². The Labute approximate surface area is 204 Å². The van der Waals surface area contributed by atoms with Crippen LogP contribution < -0.4 is 10.2 Å². The molecule has 0 saturated heterocycles. The molecular weight excluding hydrogens is 426 g/mol. The number of nitrogens with one attached hydrogen (secondary N) is 1. The lowest BCUT2D eigenvalue weighted by atomic mass is 9.75. The summed E-state index contributed by atoms with van der Waals surface area (Å²) in [5, 5.41) is 13.4. The zero-order valence-electron chi connectivity index (χ0n) is 21.2. The van der Waals surface area contributed by atoms with Crippen LogP contribution in [0.3, 0.4) is 0 Å². The number of hydrogen-bond acceptors (Lipinski definition) is 3. The fourth-order valence-electron chi connectivity index (χ4n) is 5.40. The molecule has 3 rings (SSSR count). The highest BCUT2D eigenvalue weighted by molar-refractivity contribution is 6.00. The summed E-state index contributed by atoms with van der Waals surface area (Å²) in [5.74, 6) is 0.0658. The van der Waals surface area contributed by atoms with Gasteiger partial charge >= 0.3 is 6.09 Å². The van der Waals surface area contributed by atoms with Crippen LogP contribution in [0.4, 0.5) is 16.2 Å². The monoisotopic (exact) mass is 465 g/mol. The highest BCUT2D eigenvalue weighted by atomic mass is 16.4. The highest BCUT2D eigenvalue weighted by Crippen LogP contribution is 2.37. The minimum atomic E-state index is -1.16. The Morgan fingerprint density at radius 2 is 1.62 bits per heavy atom. The van der Waals surface area contributed by atoms with Crippen molar-refractivity contribution in [1.29, 1.82) is 0 Å². The maximum atomic E-state index is 13.9. The average molecular weight is 466 g/mol. The second kappa shape index (κ2) is 10.9. The summed E-state index contributed by atoms with van der Waals surface area (Å²) < 4.78 is 0. The van der Waals surface area contributed by atoms with Crippen LogP contribution >= 0.6 is 0 Å². The average Bonchev–Trinajstić information content (AvgIpc) is 2.80. The smallest absolute Gasteiger partial charge is 0.408 e. The van der Waals surface area contributed by atoms with E-state index < -0.39 is 11.6 Å². The Morgan fingerprint density at radius 3 is 2.18 bits per heavy atom. The van der Waals surface area contributed by atoms with Crippen LogP contribution in [-0.4, -0.2) is 46.7 Å². The number of nitrogens with zero attached hydrogens (tertiary/aromatic N) is 2. The van der Waals surface area contributed by atoms with Crippen molar-refractivity contribution < 1.29 is 14.7 Å². The molecule has 34 heavy (non-hydrogen) atoms. The van der Waals surface area contributed by atoms with Gasteiger partial charge in [-0.1, -0.05) is 38.1 Å². The van der Waals surface area contributed by atoms with Crippen molar-refractivity contribution in [1.82, 2.24) is 4.90 Å². The van der Waals surface area contributed by atoms with Crippen molar-refractivity contribution in [2.24, 2.45) is 5.92 Å². The molecule has 2 atom stereocenters. The van der Waals surface area contributed by atoms with E-state index >= 15 is 0 Å². The maximum absolute atomic E-state index is 13.9. The fraction of sp³-hybridized carbons (Fsp3) is 0.500. The van der Waals surface area contributed by atoms with E-state index in [0.29, 0.717) is 37.3 Å². The molecule has 0 aromatic heterocycles. The molecule has 2 amide bonds. The number of benzene rings is 2. The van der Waals surface area contributed by atoms with Crippen LogP contribution in [0, 0.1) is 5.92 Å². The third-order valence-corrected chi connectivity index (χ3v) is 7.01. The fourth-order valence-corrected chi connectivity index (χ4v) is 5.40. The van der Waals surface area contributed by atoms with Gasteiger partial charge in [-0.15, -0.1) is 0 Å². The quantitative estimate of drug-likeness (QED) is 0.490. The molecule has 2 aromatic rings. The second-order valence-electron chi connectivity index (χ2n) is 9.78. The van der Waals surface area contributed by atoms with E-state index in [1.165, 1.54) is 10.5 Å². The number of carboxylic acid groups (broad SMARTS) is 1. The van der Waals surface area contributed by atoms with Gasteiger partial charge in [-0.05, 0) is 81.3 Å². The summed E-state index contributed by atoms with van der Waals surface area (Å²) in [6.45, 7) is 12.1. The van der Waals surface area contributed by atoms with Crippen LogP contribution in [0.25, 0.3) is 0 Å². The first-order valence-electron chi connectivity index (χ1n) is 12.5. The zero-order valence-corrected chi connectivity index (χ0v) is 21.2.